The van der Waals surface area contributed by atoms with Gasteiger partial charge in [-0.3, -0.25) is 0 Å². The molecule has 0 amide bonds. The maximum absolute atomic E-state index is 10.2. The van der Waals surface area contributed by atoms with E-state index < -0.39 is 6.10 Å². The monoisotopic (exact) mass is 378 g/mol. The fourth-order valence-electron chi connectivity index (χ4n) is 1.60. The Labute approximate surface area is 124 Å². The first-order chi connectivity index (χ1) is 8.06. The summed E-state index contributed by atoms with van der Waals surface area (Å²) in [7, 11) is 0. The van der Waals surface area contributed by atoms with Crippen molar-refractivity contribution in [2.75, 3.05) is 0 Å². The lowest BCUT2D eigenvalue weighted by molar-refractivity contribution is 0.220. The zero-order valence-corrected chi connectivity index (χ0v) is 12.4. The van der Waals surface area contributed by atoms with Crippen molar-refractivity contribution < 1.29 is 5.11 Å². The molecule has 0 saturated carbocycles. The predicted molar refractivity (Wildman–Crippen MR) is 79.7 cm³/mol. The van der Waals surface area contributed by atoms with Crippen molar-refractivity contribution in [3.05, 3.63) is 67.2 Å². The van der Waals surface area contributed by atoms with Gasteiger partial charge in [0.05, 0.1) is 0 Å². The molecule has 1 N–H and O–H groups in total. The largest absolute Gasteiger partial charge is 0.384 e. The smallest absolute Gasteiger partial charge is 0.104 e. The van der Waals surface area contributed by atoms with E-state index in [1.165, 1.54) is 0 Å². The lowest BCUT2D eigenvalue weighted by Crippen LogP contribution is -1.99. The van der Waals surface area contributed by atoms with Gasteiger partial charge in [0.25, 0.3) is 0 Å². The van der Waals surface area contributed by atoms with Crippen LogP contribution in [0.25, 0.3) is 0 Å². The molecule has 0 aliphatic heterocycles. The summed E-state index contributed by atoms with van der Waals surface area (Å²) in [4.78, 5) is 0. The van der Waals surface area contributed by atoms with Crippen molar-refractivity contribution in [2.24, 2.45) is 0 Å². The maximum atomic E-state index is 10.2. The lowest BCUT2D eigenvalue weighted by atomic mass is 10.0. The van der Waals surface area contributed by atoms with Gasteiger partial charge in [-0.1, -0.05) is 35.3 Å². The minimum absolute atomic E-state index is 0.525. The van der Waals surface area contributed by atoms with Gasteiger partial charge < -0.3 is 5.11 Å². The molecule has 1 atom stereocenters. The summed E-state index contributed by atoms with van der Waals surface area (Å²) < 4.78 is 1.08. The first kappa shape index (κ1) is 13.1. The summed E-state index contributed by atoms with van der Waals surface area (Å²) >= 11 is 14.0. The summed E-state index contributed by atoms with van der Waals surface area (Å²) in [5.74, 6) is 0. The second kappa shape index (κ2) is 5.57. The van der Waals surface area contributed by atoms with Gasteiger partial charge in [-0.2, -0.15) is 0 Å². The van der Waals surface area contributed by atoms with Crippen LogP contribution in [0, 0.1) is 3.57 Å². The molecule has 2 aromatic rings. The summed E-state index contributed by atoms with van der Waals surface area (Å²) in [6.45, 7) is 0. The van der Waals surface area contributed by atoms with Crippen LogP contribution in [-0.4, -0.2) is 5.11 Å². The predicted octanol–water partition coefficient (Wildman–Crippen LogP) is 4.68. The van der Waals surface area contributed by atoms with Crippen molar-refractivity contribution in [1.29, 1.82) is 0 Å². The van der Waals surface area contributed by atoms with Gasteiger partial charge in [0.1, 0.15) is 6.10 Å². The average Bonchev–Trinajstić information content (AvgIpc) is 2.26. The van der Waals surface area contributed by atoms with Crippen molar-refractivity contribution in [2.45, 2.75) is 6.10 Å². The SMILES string of the molecule is OC(c1cc(Cl)cc(Cl)c1)c1cccc(I)c1. The first-order valence-corrected chi connectivity index (χ1v) is 6.79. The quantitative estimate of drug-likeness (QED) is 0.752. The molecule has 88 valence electrons. The molecule has 1 nitrogen and oxygen atoms in total. The molecular formula is C13H9Cl2IO. The van der Waals surface area contributed by atoms with E-state index in [9.17, 15) is 5.11 Å². The molecule has 2 rings (SSSR count). The summed E-state index contributed by atoms with van der Waals surface area (Å²) in [6, 6.07) is 12.8. The van der Waals surface area contributed by atoms with Crippen LogP contribution in [0.4, 0.5) is 0 Å². The highest BCUT2D eigenvalue weighted by Crippen LogP contribution is 2.28. The number of aliphatic hydroxyl groups excluding tert-OH is 1. The first-order valence-electron chi connectivity index (χ1n) is 4.96. The van der Waals surface area contributed by atoms with E-state index in [2.05, 4.69) is 22.6 Å². The zero-order valence-electron chi connectivity index (χ0n) is 8.70. The van der Waals surface area contributed by atoms with Gasteiger partial charge in [-0.15, -0.1) is 0 Å². The summed E-state index contributed by atoms with van der Waals surface area (Å²) in [6.07, 6.45) is -0.707. The van der Waals surface area contributed by atoms with Crippen LogP contribution in [0.2, 0.25) is 10.0 Å². The molecule has 0 fully saturated rings. The fourth-order valence-corrected chi connectivity index (χ4v) is 2.71. The molecule has 1 unspecified atom stereocenters. The van der Waals surface area contributed by atoms with Crippen molar-refractivity contribution in [3.63, 3.8) is 0 Å². The van der Waals surface area contributed by atoms with E-state index >= 15 is 0 Å². The fraction of sp³-hybridized carbons (Fsp3) is 0.0769. The highest BCUT2D eigenvalue weighted by Gasteiger charge is 2.12. The van der Waals surface area contributed by atoms with Crippen LogP contribution in [0.1, 0.15) is 17.2 Å². The van der Waals surface area contributed by atoms with E-state index in [0.29, 0.717) is 15.6 Å². The number of aliphatic hydroxyl groups is 1. The number of hydrogen-bond acceptors (Lipinski definition) is 1. The number of hydrogen-bond donors (Lipinski definition) is 1. The van der Waals surface area contributed by atoms with Crippen LogP contribution in [0.15, 0.2) is 42.5 Å². The van der Waals surface area contributed by atoms with Gasteiger partial charge in [-0.05, 0) is 64.0 Å². The molecule has 0 radical (unpaired) electrons. The third-order valence-electron chi connectivity index (χ3n) is 2.37. The maximum Gasteiger partial charge on any atom is 0.104 e. The van der Waals surface area contributed by atoms with E-state index in [0.717, 1.165) is 9.13 Å². The van der Waals surface area contributed by atoms with Gasteiger partial charge >= 0.3 is 0 Å². The minimum atomic E-state index is -0.707. The van der Waals surface area contributed by atoms with Gasteiger partial charge in [0.15, 0.2) is 0 Å². The molecule has 0 spiro atoms. The van der Waals surface area contributed by atoms with Crippen LogP contribution in [0.5, 0.6) is 0 Å². The third kappa shape index (κ3) is 3.35. The minimum Gasteiger partial charge on any atom is -0.384 e. The Morgan fingerprint density at radius 1 is 0.941 bits per heavy atom. The Bertz CT molecular complexity index is 522. The van der Waals surface area contributed by atoms with Crippen LogP contribution in [-0.2, 0) is 0 Å². The van der Waals surface area contributed by atoms with E-state index in [1.807, 2.05) is 24.3 Å². The molecule has 4 heteroatoms. The Morgan fingerprint density at radius 2 is 1.59 bits per heavy atom. The Balaban J connectivity index is 2.39. The zero-order chi connectivity index (χ0) is 12.4. The van der Waals surface area contributed by atoms with Crippen LogP contribution < -0.4 is 0 Å². The Kier molecular flexibility index (Phi) is 4.31. The van der Waals surface area contributed by atoms with Gasteiger partial charge in [0.2, 0.25) is 0 Å². The van der Waals surface area contributed by atoms with Crippen molar-refractivity contribution in [1.82, 2.24) is 0 Å². The molecule has 0 bridgehead atoms. The molecule has 0 heterocycles. The normalized spacial score (nSPS) is 12.5. The van der Waals surface area contributed by atoms with Crippen LogP contribution in [0.3, 0.4) is 0 Å². The number of rotatable bonds is 2. The molecule has 0 aliphatic carbocycles. The van der Waals surface area contributed by atoms with E-state index in [4.69, 9.17) is 23.2 Å². The van der Waals surface area contributed by atoms with Crippen molar-refractivity contribution >= 4 is 45.8 Å². The molecule has 0 saturated heterocycles. The summed E-state index contributed by atoms with van der Waals surface area (Å²) in [5, 5.41) is 11.3. The van der Waals surface area contributed by atoms with Crippen LogP contribution >= 0.6 is 45.8 Å². The number of halogens is 3. The highest BCUT2D eigenvalue weighted by molar-refractivity contribution is 14.1. The number of benzene rings is 2. The second-order valence-corrected chi connectivity index (χ2v) is 5.78. The lowest BCUT2D eigenvalue weighted by Gasteiger charge is -2.12. The molecule has 0 aliphatic rings. The van der Waals surface area contributed by atoms with E-state index in [-0.39, 0.29) is 0 Å². The second-order valence-electron chi connectivity index (χ2n) is 3.66. The highest BCUT2D eigenvalue weighted by atomic mass is 127. The topological polar surface area (TPSA) is 20.2 Å². The van der Waals surface area contributed by atoms with Crippen molar-refractivity contribution in [3.8, 4) is 0 Å². The standard InChI is InChI=1S/C13H9Cl2IO/c14-10-4-9(5-11(15)7-10)13(17)8-2-1-3-12(16)6-8/h1-7,13,17H. The van der Waals surface area contributed by atoms with Gasteiger partial charge in [0, 0.05) is 13.6 Å². The van der Waals surface area contributed by atoms with Gasteiger partial charge in [-0.25, -0.2) is 0 Å². The third-order valence-corrected chi connectivity index (χ3v) is 3.47. The Hall–Kier alpha value is -0.290. The average molecular weight is 379 g/mol. The Morgan fingerprint density at radius 3 is 2.18 bits per heavy atom. The molecule has 0 aromatic heterocycles. The molecule has 2 aromatic carbocycles. The molecular weight excluding hydrogens is 370 g/mol. The van der Waals surface area contributed by atoms with E-state index in [1.54, 1.807) is 18.2 Å². The molecule has 17 heavy (non-hydrogen) atoms. The summed E-state index contributed by atoms with van der Waals surface area (Å²) in [5.41, 5.74) is 1.53.